The summed E-state index contributed by atoms with van der Waals surface area (Å²) in [6.07, 6.45) is 5.96. The van der Waals surface area contributed by atoms with Gasteiger partial charge in [-0.15, -0.1) is 0 Å². The smallest absolute Gasteiger partial charge is 0.129 e. The minimum absolute atomic E-state index is 0.460. The van der Waals surface area contributed by atoms with Crippen LogP contribution >= 0.6 is 0 Å². The molecule has 2 heterocycles. The second-order valence-electron chi connectivity index (χ2n) is 5.08. The zero-order valence-electron chi connectivity index (χ0n) is 10.9. The molecule has 0 saturated carbocycles. The largest absolute Gasteiger partial charge is 0.366 e. The Labute approximate surface area is 104 Å². The molecule has 1 aromatic heterocycles. The molecule has 1 aliphatic rings. The summed E-state index contributed by atoms with van der Waals surface area (Å²) < 4.78 is 0. The van der Waals surface area contributed by atoms with Gasteiger partial charge in [-0.25, -0.2) is 4.98 Å². The Hall–Kier alpha value is -1.09. The molecular formula is C14H23N3. The number of hydrogen-bond acceptors (Lipinski definition) is 3. The molecule has 1 saturated heterocycles. The third kappa shape index (κ3) is 3.70. The molecule has 1 N–H and O–H groups in total. The number of rotatable bonds is 4. The molecule has 17 heavy (non-hydrogen) atoms. The summed E-state index contributed by atoms with van der Waals surface area (Å²) >= 11 is 0. The minimum Gasteiger partial charge on any atom is -0.366 e. The predicted octanol–water partition coefficient (Wildman–Crippen LogP) is 2.68. The van der Waals surface area contributed by atoms with E-state index in [0.717, 1.165) is 12.4 Å². The Morgan fingerprint density at radius 1 is 1.35 bits per heavy atom. The van der Waals surface area contributed by atoms with Crippen molar-refractivity contribution in [3.8, 4) is 0 Å². The quantitative estimate of drug-likeness (QED) is 0.866. The van der Waals surface area contributed by atoms with Crippen LogP contribution in [-0.2, 0) is 0 Å². The second-order valence-corrected chi connectivity index (χ2v) is 5.08. The molecule has 0 spiro atoms. The number of anilines is 1. The van der Waals surface area contributed by atoms with E-state index in [1.165, 1.54) is 37.9 Å². The van der Waals surface area contributed by atoms with Gasteiger partial charge in [-0.3, -0.25) is 0 Å². The number of aryl methyl sites for hydroxylation is 1. The summed E-state index contributed by atoms with van der Waals surface area (Å²) in [4.78, 5) is 6.94. The number of hydrogen-bond donors (Lipinski definition) is 1. The van der Waals surface area contributed by atoms with Gasteiger partial charge in [0.1, 0.15) is 5.82 Å². The van der Waals surface area contributed by atoms with Crippen molar-refractivity contribution in [2.75, 3.05) is 25.0 Å². The number of aromatic nitrogens is 1. The molecule has 94 valence electrons. The molecule has 0 bridgehead atoms. The van der Waals surface area contributed by atoms with Crippen molar-refractivity contribution in [1.29, 1.82) is 0 Å². The van der Waals surface area contributed by atoms with Crippen molar-refractivity contribution in [2.45, 2.75) is 39.2 Å². The van der Waals surface area contributed by atoms with E-state index >= 15 is 0 Å². The standard InChI is InChI=1S/C14H23N3/c1-12-7-6-8-15-14(12)16-13(2)11-17-9-4-3-5-10-17/h6-8,13H,3-5,9-11H2,1-2H3,(H,15,16). The van der Waals surface area contributed by atoms with Crippen molar-refractivity contribution in [3.63, 3.8) is 0 Å². The van der Waals surface area contributed by atoms with Crippen LogP contribution in [0.5, 0.6) is 0 Å². The van der Waals surface area contributed by atoms with Crippen LogP contribution in [0.2, 0.25) is 0 Å². The van der Waals surface area contributed by atoms with Crippen molar-refractivity contribution < 1.29 is 0 Å². The molecule has 0 amide bonds. The first kappa shape index (κ1) is 12.4. The fraction of sp³-hybridized carbons (Fsp3) is 0.643. The zero-order valence-corrected chi connectivity index (χ0v) is 10.9. The van der Waals surface area contributed by atoms with E-state index in [9.17, 15) is 0 Å². The van der Waals surface area contributed by atoms with Crippen LogP contribution in [0.3, 0.4) is 0 Å². The molecule has 1 unspecified atom stereocenters. The van der Waals surface area contributed by atoms with Crippen molar-refractivity contribution in [3.05, 3.63) is 23.9 Å². The summed E-state index contributed by atoms with van der Waals surface area (Å²) in [6.45, 7) is 7.97. The lowest BCUT2D eigenvalue weighted by Crippen LogP contribution is -2.38. The second kappa shape index (κ2) is 6.01. The van der Waals surface area contributed by atoms with Gasteiger partial charge in [-0.2, -0.15) is 0 Å². The van der Waals surface area contributed by atoms with E-state index < -0.39 is 0 Å². The lowest BCUT2D eigenvalue weighted by atomic mass is 10.1. The summed E-state index contributed by atoms with van der Waals surface area (Å²) in [5, 5.41) is 3.50. The third-order valence-corrected chi connectivity index (χ3v) is 3.37. The van der Waals surface area contributed by atoms with Crippen molar-refractivity contribution in [2.24, 2.45) is 0 Å². The number of piperidine rings is 1. The van der Waals surface area contributed by atoms with Gasteiger partial charge >= 0.3 is 0 Å². The van der Waals surface area contributed by atoms with Gasteiger partial charge in [0.2, 0.25) is 0 Å². The molecule has 3 nitrogen and oxygen atoms in total. The molecular weight excluding hydrogens is 210 g/mol. The van der Waals surface area contributed by atoms with Gasteiger partial charge in [-0.1, -0.05) is 12.5 Å². The monoisotopic (exact) mass is 233 g/mol. The van der Waals surface area contributed by atoms with Gasteiger partial charge in [0.25, 0.3) is 0 Å². The molecule has 0 radical (unpaired) electrons. The lowest BCUT2D eigenvalue weighted by Gasteiger charge is -2.29. The zero-order chi connectivity index (χ0) is 12.1. The van der Waals surface area contributed by atoms with E-state index in [2.05, 4.69) is 35.1 Å². The average Bonchev–Trinajstić information content (AvgIpc) is 2.33. The van der Waals surface area contributed by atoms with E-state index in [0.29, 0.717) is 6.04 Å². The maximum Gasteiger partial charge on any atom is 0.129 e. The molecule has 1 atom stereocenters. The van der Waals surface area contributed by atoms with Crippen molar-refractivity contribution in [1.82, 2.24) is 9.88 Å². The Balaban J connectivity index is 1.84. The average molecular weight is 233 g/mol. The first-order chi connectivity index (χ1) is 8.25. The van der Waals surface area contributed by atoms with Crippen LogP contribution in [0.15, 0.2) is 18.3 Å². The molecule has 0 aromatic carbocycles. The number of nitrogens with zero attached hydrogens (tertiary/aromatic N) is 2. The van der Waals surface area contributed by atoms with Crippen LogP contribution < -0.4 is 5.32 Å². The Bertz CT molecular complexity index is 345. The molecule has 1 fully saturated rings. The summed E-state index contributed by atoms with van der Waals surface area (Å²) in [7, 11) is 0. The minimum atomic E-state index is 0.460. The van der Waals surface area contributed by atoms with Gasteiger partial charge in [0.05, 0.1) is 0 Å². The Morgan fingerprint density at radius 2 is 2.12 bits per heavy atom. The van der Waals surface area contributed by atoms with Crippen LogP contribution in [0.4, 0.5) is 5.82 Å². The topological polar surface area (TPSA) is 28.2 Å². The maximum absolute atomic E-state index is 4.38. The molecule has 1 aliphatic heterocycles. The number of pyridine rings is 1. The van der Waals surface area contributed by atoms with Crippen molar-refractivity contribution >= 4 is 5.82 Å². The van der Waals surface area contributed by atoms with Gasteiger partial charge in [-0.05, 0) is 51.4 Å². The fourth-order valence-corrected chi connectivity index (χ4v) is 2.45. The van der Waals surface area contributed by atoms with Crippen LogP contribution in [0.1, 0.15) is 31.7 Å². The first-order valence-electron chi connectivity index (χ1n) is 6.66. The SMILES string of the molecule is Cc1cccnc1NC(C)CN1CCCCC1. The summed E-state index contributed by atoms with van der Waals surface area (Å²) in [5.74, 6) is 1.03. The highest BCUT2D eigenvalue weighted by Crippen LogP contribution is 2.13. The predicted molar refractivity (Wildman–Crippen MR) is 72.3 cm³/mol. The van der Waals surface area contributed by atoms with E-state index in [1.807, 2.05) is 12.3 Å². The Kier molecular flexibility index (Phi) is 4.37. The Morgan fingerprint density at radius 3 is 2.82 bits per heavy atom. The normalized spacial score (nSPS) is 18.9. The maximum atomic E-state index is 4.38. The van der Waals surface area contributed by atoms with Gasteiger partial charge in [0, 0.05) is 18.8 Å². The number of nitrogens with one attached hydrogen (secondary N) is 1. The van der Waals surface area contributed by atoms with Gasteiger partial charge in [0.15, 0.2) is 0 Å². The van der Waals surface area contributed by atoms with E-state index in [4.69, 9.17) is 0 Å². The highest BCUT2D eigenvalue weighted by Gasteiger charge is 2.13. The summed E-state index contributed by atoms with van der Waals surface area (Å²) in [6, 6.07) is 4.54. The molecule has 2 rings (SSSR count). The molecule has 0 aliphatic carbocycles. The lowest BCUT2D eigenvalue weighted by molar-refractivity contribution is 0.223. The van der Waals surface area contributed by atoms with Crippen LogP contribution in [0, 0.1) is 6.92 Å². The van der Waals surface area contributed by atoms with Gasteiger partial charge < -0.3 is 10.2 Å². The number of likely N-dealkylation sites (tertiary alicyclic amines) is 1. The van der Waals surface area contributed by atoms with Crippen LogP contribution in [0.25, 0.3) is 0 Å². The van der Waals surface area contributed by atoms with E-state index in [-0.39, 0.29) is 0 Å². The molecule has 1 aromatic rings. The first-order valence-corrected chi connectivity index (χ1v) is 6.66. The molecule has 3 heteroatoms. The highest BCUT2D eigenvalue weighted by atomic mass is 15.2. The summed E-state index contributed by atoms with van der Waals surface area (Å²) in [5.41, 5.74) is 1.22. The van der Waals surface area contributed by atoms with E-state index in [1.54, 1.807) is 0 Å². The third-order valence-electron chi connectivity index (χ3n) is 3.37. The highest BCUT2D eigenvalue weighted by molar-refractivity contribution is 5.43. The van der Waals surface area contributed by atoms with Crippen LogP contribution in [-0.4, -0.2) is 35.6 Å². The fourth-order valence-electron chi connectivity index (χ4n) is 2.45.